The average Bonchev–Trinajstić information content (AvgIpc) is 3.47. The highest BCUT2D eigenvalue weighted by Crippen LogP contribution is 2.59. The molecule has 9 rings (SSSR count). The Morgan fingerprint density at radius 1 is 0.388 bits per heavy atom. The van der Waals surface area contributed by atoms with Gasteiger partial charge in [-0.15, -0.1) is 0 Å². The number of benzene rings is 8. The summed E-state index contributed by atoms with van der Waals surface area (Å²) in [5.74, 6) is -0.206. The molecule has 232 valence electrons. The van der Waals surface area contributed by atoms with E-state index in [2.05, 4.69) is 157 Å². The molecule has 0 saturated heterocycles. The summed E-state index contributed by atoms with van der Waals surface area (Å²) in [6.07, 6.45) is 0. The lowest BCUT2D eigenvalue weighted by Crippen LogP contribution is -2.29. The first kappa shape index (κ1) is 28.9. The van der Waals surface area contributed by atoms with E-state index in [1.165, 1.54) is 11.1 Å². The minimum Gasteiger partial charge on any atom is -0.310 e. The second-order valence-corrected chi connectivity index (χ2v) is 12.6. The topological polar surface area (TPSA) is 3.24 Å². The van der Waals surface area contributed by atoms with E-state index in [0.29, 0.717) is 5.39 Å². The van der Waals surface area contributed by atoms with Crippen LogP contribution in [0.2, 0.25) is 0 Å². The summed E-state index contributed by atoms with van der Waals surface area (Å²) in [7, 11) is 0. The summed E-state index contributed by atoms with van der Waals surface area (Å²) in [5, 5.41) is 1.56. The fourth-order valence-corrected chi connectivity index (χ4v) is 7.88. The number of fused-ring (bicyclic) bond motifs is 5. The van der Waals surface area contributed by atoms with Crippen LogP contribution in [-0.4, -0.2) is 0 Å². The molecule has 0 radical (unpaired) electrons. The third-order valence-corrected chi connectivity index (χ3v) is 9.99. The lowest BCUT2D eigenvalue weighted by molar-refractivity contribution is 0.633. The van der Waals surface area contributed by atoms with E-state index in [0.717, 1.165) is 55.8 Å². The molecule has 49 heavy (non-hydrogen) atoms. The molecule has 0 aliphatic heterocycles. The summed E-state index contributed by atoms with van der Waals surface area (Å²) in [4.78, 5) is 2.32. The van der Waals surface area contributed by atoms with Gasteiger partial charge in [0, 0.05) is 22.4 Å². The summed E-state index contributed by atoms with van der Waals surface area (Å²) in [5.41, 5.74) is 11.3. The summed E-state index contributed by atoms with van der Waals surface area (Å²) >= 11 is 0. The molecule has 0 heterocycles. The maximum atomic E-state index is 16.2. The Morgan fingerprint density at radius 3 is 1.51 bits per heavy atom. The van der Waals surface area contributed by atoms with E-state index in [1.54, 1.807) is 6.07 Å². The molecule has 0 unspecified atom stereocenters. The van der Waals surface area contributed by atoms with Gasteiger partial charge in [0.05, 0.1) is 5.41 Å². The van der Waals surface area contributed by atoms with Gasteiger partial charge in [0.1, 0.15) is 5.82 Å². The summed E-state index contributed by atoms with van der Waals surface area (Å²) < 4.78 is 16.2. The smallest absolute Gasteiger partial charge is 0.131 e. The van der Waals surface area contributed by atoms with Crippen molar-refractivity contribution in [2.75, 3.05) is 4.90 Å². The molecule has 0 atom stereocenters. The van der Waals surface area contributed by atoms with Crippen molar-refractivity contribution in [3.63, 3.8) is 0 Å². The fraction of sp³-hybridized carbons (Fsp3) is 0.0213. The Labute approximate surface area is 286 Å². The van der Waals surface area contributed by atoms with Crippen molar-refractivity contribution in [3.8, 4) is 22.3 Å². The second kappa shape index (κ2) is 11.8. The number of para-hydroxylation sites is 1. The molecule has 8 aromatic carbocycles. The predicted molar refractivity (Wildman–Crippen MR) is 201 cm³/mol. The first-order valence-corrected chi connectivity index (χ1v) is 16.7. The Kier molecular flexibility index (Phi) is 6.95. The van der Waals surface area contributed by atoms with Gasteiger partial charge in [0.15, 0.2) is 0 Å². The highest BCUT2D eigenvalue weighted by molar-refractivity contribution is 6.05. The molecule has 1 aliphatic carbocycles. The number of halogens is 1. The van der Waals surface area contributed by atoms with E-state index in [-0.39, 0.29) is 5.82 Å². The van der Waals surface area contributed by atoms with Crippen LogP contribution in [0.4, 0.5) is 21.5 Å². The van der Waals surface area contributed by atoms with E-state index in [1.807, 2.05) is 36.4 Å². The van der Waals surface area contributed by atoms with E-state index in [4.69, 9.17) is 0 Å². The molecule has 0 spiro atoms. The molecule has 0 aromatic heterocycles. The van der Waals surface area contributed by atoms with Crippen LogP contribution in [-0.2, 0) is 5.41 Å². The average molecular weight is 630 g/mol. The third-order valence-electron chi connectivity index (χ3n) is 9.99. The maximum Gasteiger partial charge on any atom is 0.131 e. The standard InChI is InChI=1S/C47H32FN/c48-45-32-44-46(41-24-14-13-23-40(41)45)42-30-29-39(31-43(42)47(44,35-17-7-2-8-18-35)36-19-9-3-10-20-36)49(37-21-11-4-12-22-37)38-27-25-34(26-28-38)33-15-5-1-6-16-33/h1-32H. The van der Waals surface area contributed by atoms with Crippen LogP contribution in [0.15, 0.2) is 194 Å². The number of anilines is 3. The van der Waals surface area contributed by atoms with E-state index >= 15 is 4.39 Å². The molecule has 0 bridgehead atoms. The van der Waals surface area contributed by atoms with Gasteiger partial charge in [-0.25, -0.2) is 4.39 Å². The van der Waals surface area contributed by atoms with Gasteiger partial charge in [-0.1, -0.05) is 152 Å². The van der Waals surface area contributed by atoms with Gasteiger partial charge in [-0.05, 0) is 92.4 Å². The second-order valence-electron chi connectivity index (χ2n) is 12.6. The van der Waals surface area contributed by atoms with Gasteiger partial charge < -0.3 is 4.90 Å². The molecule has 1 nitrogen and oxygen atoms in total. The van der Waals surface area contributed by atoms with Crippen molar-refractivity contribution >= 4 is 27.8 Å². The highest BCUT2D eigenvalue weighted by Gasteiger charge is 2.47. The monoisotopic (exact) mass is 629 g/mol. The van der Waals surface area contributed by atoms with Crippen molar-refractivity contribution in [1.82, 2.24) is 0 Å². The van der Waals surface area contributed by atoms with Crippen molar-refractivity contribution in [1.29, 1.82) is 0 Å². The van der Waals surface area contributed by atoms with Crippen molar-refractivity contribution in [2.24, 2.45) is 0 Å². The summed E-state index contributed by atoms with van der Waals surface area (Å²) in [6.45, 7) is 0. The molecule has 0 amide bonds. The number of hydrogen-bond donors (Lipinski definition) is 0. The lowest BCUT2D eigenvalue weighted by Gasteiger charge is -2.35. The number of nitrogens with zero attached hydrogens (tertiary/aromatic N) is 1. The first-order chi connectivity index (χ1) is 24.2. The van der Waals surface area contributed by atoms with Gasteiger partial charge in [-0.2, -0.15) is 0 Å². The zero-order valence-electron chi connectivity index (χ0n) is 26.8. The van der Waals surface area contributed by atoms with Crippen LogP contribution in [0.25, 0.3) is 33.0 Å². The van der Waals surface area contributed by atoms with Gasteiger partial charge >= 0.3 is 0 Å². The quantitative estimate of drug-likeness (QED) is 0.177. The predicted octanol–water partition coefficient (Wildman–Crippen LogP) is 12.5. The van der Waals surface area contributed by atoms with Crippen molar-refractivity contribution < 1.29 is 4.39 Å². The minimum absolute atomic E-state index is 0.206. The van der Waals surface area contributed by atoms with Crippen molar-refractivity contribution in [2.45, 2.75) is 5.41 Å². The highest BCUT2D eigenvalue weighted by atomic mass is 19.1. The molecule has 0 N–H and O–H groups in total. The molecular formula is C47H32FN. The Hall–Kier alpha value is -6.25. The summed E-state index contributed by atoms with van der Waals surface area (Å²) in [6, 6.07) is 67.4. The minimum atomic E-state index is -0.742. The molecule has 0 saturated carbocycles. The third kappa shape index (κ3) is 4.60. The van der Waals surface area contributed by atoms with Crippen molar-refractivity contribution in [3.05, 3.63) is 222 Å². The number of hydrogen-bond acceptors (Lipinski definition) is 1. The zero-order chi connectivity index (χ0) is 32.8. The van der Waals surface area contributed by atoms with E-state index in [9.17, 15) is 0 Å². The van der Waals surface area contributed by atoms with E-state index < -0.39 is 5.41 Å². The largest absolute Gasteiger partial charge is 0.310 e. The molecule has 2 heteroatoms. The van der Waals surface area contributed by atoms with Crippen LogP contribution in [0.3, 0.4) is 0 Å². The zero-order valence-corrected chi connectivity index (χ0v) is 26.8. The van der Waals surface area contributed by atoms with Crippen LogP contribution in [0, 0.1) is 5.82 Å². The number of rotatable bonds is 6. The SMILES string of the molecule is Fc1cc2c(c3ccccc13)-c1ccc(N(c3ccccc3)c3ccc(-c4ccccc4)cc3)cc1C2(c1ccccc1)c1ccccc1. The molecule has 0 fully saturated rings. The van der Waals surface area contributed by atoms with Crippen LogP contribution >= 0.6 is 0 Å². The maximum absolute atomic E-state index is 16.2. The van der Waals surface area contributed by atoms with Gasteiger partial charge in [0.2, 0.25) is 0 Å². The van der Waals surface area contributed by atoms with Gasteiger partial charge in [0.25, 0.3) is 0 Å². The Morgan fingerprint density at radius 2 is 0.878 bits per heavy atom. The Balaban J connectivity index is 1.33. The molecule has 8 aromatic rings. The normalized spacial score (nSPS) is 12.8. The Bertz CT molecular complexity index is 2380. The molecular weight excluding hydrogens is 598 g/mol. The first-order valence-electron chi connectivity index (χ1n) is 16.7. The van der Waals surface area contributed by atoms with Crippen LogP contribution in [0.5, 0.6) is 0 Å². The van der Waals surface area contributed by atoms with Gasteiger partial charge in [-0.3, -0.25) is 0 Å². The van der Waals surface area contributed by atoms with Crippen LogP contribution < -0.4 is 4.90 Å². The molecule has 1 aliphatic rings. The lowest BCUT2D eigenvalue weighted by atomic mass is 9.67. The van der Waals surface area contributed by atoms with Crippen LogP contribution in [0.1, 0.15) is 22.3 Å². The fourth-order valence-electron chi connectivity index (χ4n) is 7.88.